The van der Waals surface area contributed by atoms with E-state index in [2.05, 4.69) is 19.8 Å². The second-order valence-corrected chi connectivity index (χ2v) is 5.02. The Bertz CT molecular complexity index is 712. The van der Waals surface area contributed by atoms with Crippen LogP contribution in [0.2, 0.25) is 0 Å². The third-order valence-corrected chi connectivity index (χ3v) is 2.96. The first kappa shape index (κ1) is 17.9. The summed E-state index contributed by atoms with van der Waals surface area (Å²) in [5.41, 5.74) is 2.10. The van der Waals surface area contributed by atoms with Crippen molar-refractivity contribution in [2.24, 2.45) is 0 Å². The third-order valence-electron chi connectivity index (χ3n) is 2.96. The summed E-state index contributed by atoms with van der Waals surface area (Å²) in [5.74, 6) is -0.303. The molecule has 1 aromatic carbocycles. The predicted molar refractivity (Wildman–Crippen MR) is 77.9 cm³/mol. The number of nitrogens with one attached hydrogen (secondary N) is 1. The number of aryl methyl sites for hydroxylation is 2. The van der Waals surface area contributed by atoms with Crippen LogP contribution in [0.15, 0.2) is 24.3 Å². The highest BCUT2D eigenvalue weighted by molar-refractivity contribution is 5.87. The molecular formula is C14H16F3N5O2. The normalized spacial score (nSPS) is 11.8. The van der Waals surface area contributed by atoms with E-state index in [9.17, 15) is 13.2 Å². The van der Waals surface area contributed by atoms with Gasteiger partial charge in [-0.2, -0.15) is 4.84 Å². The molecule has 0 spiro atoms. The molecule has 0 saturated heterocycles. The predicted octanol–water partition coefficient (Wildman–Crippen LogP) is 2.58. The number of benzene rings is 1. The van der Waals surface area contributed by atoms with Gasteiger partial charge in [-0.3, -0.25) is 5.41 Å². The lowest BCUT2D eigenvalue weighted by Crippen LogP contribution is -2.31. The quantitative estimate of drug-likeness (QED) is 0.513. The van der Waals surface area contributed by atoms with Gasteiger partial charge in [-0.15, -0.1) is 18.3 Å². The van der Waals surface area contributed by atoms with E-state index < -0.39 is 12.3 Å². The monoisotopic (exact) mass is 343 g/mol. The summed E-state index contributed by atoms with van der Waals surface area (Å²) in [6.45, 7) is 4.07. The van der Waals surface area contributed by atoms with E-state index in [0.29, 0.717) is 12.4 Å². The van der Waals surface area contributed by atoms with Gasteiger partial charge in [-0.1, -0.05) is 29.8 Å². The fourth-order valence-corrected chi connectivity index (χ4v) is 1.87. The maximum Gasteiger partial charge on any atom is 0.541 e. The zero-order valence-corrected chi connectivity index (χ0v) is 13.3. The maximum atomic E-state index is 12.0. The molecule has 1 heterocycles. The zero-order valence-electron chi connectivity index (χ0n) is 13.3. The number of hydrogen-bond donors (Lipinski definition) is 1. The van der Waals surface area contributed by atoms with Crippen LogP contribution in [0.4, 0.5) is 13.2 Å². The van der Waals surface area contributed by atoms with Crippen molar-refractivity contribution in [1.29, 1.82) is 5.41 Å². The number of halogens is 3. The summed E-state index contributed by atoms with van der Waals surface area (Å²) < 4.78 is 37.7. The Balaban J connectivity index is 2.04. The number of hydroxylamine groups is 2. The fraction of sp³-hybridized carbons (Fsp3) is 0.357. The number of nitrogens with zero attached hydrogens (tertiary/aromatic N) is 4. The second kappa shape index (κ2) is 6.97. The van der Waals surface area contributed by atoms with Crippen molar-refractivity contribution in [3.63, 3.8) is 0 Å². The molecule has 2 aromatic rings. The van der Waals surface area contributed by atoms with E-state index in [-0.39, 0.29) is 11.1 Å². The van der Waals surface area contributed by atoms with E-state index in [1.54, 1.807) is 6.92 Å². The lowest BCUT2D eigenvalue weighted by Gasteiger charge is -2.16. The summed E-state index contributed by atoms with van der Waals surface area (Å²) in [6, 6.07) is 7.78. The van der Waals surface area contributed by atoms with E-state index in [4.69, 9.17) is 5.41 Å². The molecule has 1 N–H and O–H groups in total. The highest BCUT2D eigenvalue weighted by Gasteiger charge is 2.33. The summed E-state index contributed by atoms with van der Waals surface area (Å²) in [5, 5.41) is 11.7. The number of aromatic nitrogens is 3. The van der Waals surface area contributed by atoms with Crippen molar-refractivity contribution in [2.45, 2.75) is 26.8 Å². The van der Waals surface area contributed by atoms with Gasteiger partial charge in [-0.25, -0.2) is 9.67 Å². The molecule has 0 bridgehead atoms. The van der Waals surface area contributed by atoms with E-state index in [1.165, 1.54) is 4.68 Å². The lowest BCUT2D eigenvalue weighted by atomic mass is 10.1. The van der Waals surface area contributed by atoms with Gasteiger partial charge in [0.15, 0.2) is 0 Å². The van der Waals surface area contributed by atoms with Gasteiger partial charge < -0.3 is 4.84 Å². The van der Waals surface area contributed by atoms with Gasteiger partial charge in [0.25, 0.3) is 5.90 Å². The molecule has 0 aliphatic carbocycles. The highest BCUT2D eigenvalue weighted by atomic mass is 19.4. The van der Waals surface area contributed by atoms with Gasteiger partial charge in [0.1, 0.15) is 5.82 Å². The molecule has 1 aromatic heterocycles. The molecule has 0 fully saturated rings. The second-order valence-electron chi connectivity index (χ2n) is 5.02. The molecule has 0 unspecified atom stereocenters. The number of alkyl halides is 3. The molecule has 0 saturated carbocycles. The van der Waals surface area contributed by atoms with Crippen molar-refractivity contribution in [1.82, 2.24) is 20.0 Å². The van der Waals surface area contributed by atoms with Crippen LogP contribution in [-0.2, 0) is 16.2 Å². The highest BCUT2D eigenvalue weighted by Crippen LogP contribution is 2.18. The summed E-state index contributed by atoms with van der Waals surface area (Å²) >= 11 is 0. The van der Waals surface area contributed by atoms with Crippen LogP contribution in [0, 0.1) is 19.3 Å². The first-order valence-electron chi connectivity index (χ1n) is 6.87. The van der Waals surface area contributed by atoms with Crippen molar-refractivity contribution >= 4 is 5.90 Å². The topological polar surface area (TPSA) is 76.3 Å². The standard InChI is InChI=1S/C14H16F3N5O2/c1-9-4-6-11(7-5-9)8-22-10(2)19-13(20-22)12(18)23-21(3)24-14(15,16)17/h4-7,18H,8H2,1-3H3. The minimum absolute atomic E-state index is 0.0261. The Labute approximate surface area is 136 Å². The van der Waals surface area contributed by atoms with Crippen molar-refractivity contribution in [3.05, 3.63) is 47.0 Å². The molecule has 0 aliphatic heterocycles. The molecular weight excluding hydrogens is 327 g/mol. The minimum Gasteiger partial charge on any atom is -0.357 e. The third kappa shape index (κ3) is 5.03. The van der Waals surface area contributed by atoms with Gasteiger partial charge in [0, 0.05) is 0 Å². The lowest BCUT2D eigenvalue weighted by molar-refractivity contribution is -0.471. The average Bonchev–Trinajstić information content (AvgIpc) is 2.80. The maximum absolute atomic E-state index is 12.0. The SMILES string of the molecule is Cc1ccc(Cn2nc(C(=N)ON(C)OC(F)(F)F)nc2C)cc1. The fourth-order valence-electron chi connectivity index (χ4n) is 1.87. The summed E-state index contributed by atoms with van der Waals surface area (Å²) in [4.78, 5) is 12.1. The molecule has 130 valence electrons. The Morgan fingerprint density at radius 3 is 2.46 bits per heavy atom. The zero-order chi connectivity index (χ0) is 17.9. The van der Waals surface area contributed by atoms with Crippen molar-refractivity contribution in [3.8, 4) is 0 Å². The molecule has 0 atom stereocenters. The number of hydrogen-bond acceptors (Lipinski definition) is 6. The van der Waals surface area contributed by atoms with E-state index in [0.717, 1.165) is 18.2 Å². The van der Waals surface area contributed by atoms with Crippen LogP contribution >= 0.6 is 0 Å². The summed E-state index contributed by atoms with van der Waals surface area (Å²) in [7, 11) is 0.873. The summed E-state index contributed by atoms with van der Waals surface area (Å²) in [6.07, 6.45) is -4.91. The molecule has 2 rings (SSSR count). The Morgan fingerprint density at radius 1 is 1.25 bits per heavy atom. The first-order valence-corrected chi connectivity index (χ1v) is 6.87. The molecule has 24 heavy (non-hydrogen) atoms. The first-order chi connectivity index (χ1) is 11.1. The largest absolute Gasteiger partial charge is 0.541 e. The van der Waals surface area contributed by atoms with Gasteiger partial charge in [-0.05, 0) is 24.6 Å². The van der Waals surface area contributed by atoms with Gasteiger partial charge in [0.2, 0.25) is 5.82 Å². The van der Waals surface area contributed by atoms with Crippen LogP contribution in [0.1, 0.15) is 22.8 Å². The average molecular weight is 343 g/mol. The number of rotatable bonds is 5. The van der Waals surface area contributed by atoms with Crippen molar-refractivity contribution < 1.29 is 22.8 Å². The van der Waals surface area contributed by atoms with Gasteiger partial charge in [0.05, 0.1) is 13.6 Å². The Morgan fingerprint density at radius 2 is 1.88 bits per heavy atom. The molecule has 0 amide bonds. The molecule has 7 nitrogen and oxygen atoms in total. The molecule has 10 heteroatoms. The Kier molecular flexibility index (Phi) is 5.20. The van der Waals surface area contributed by atoms with E-state index in [1.807, 2.05) is 31.2 Å². The smallest absolute Gasteiger partial charge is 0.357 e. The van der Waals surface area contributed by atoms with Crippen LogP contribution in [-0.4, -0.2) is 39.3 Å². The van der Waals surface area contributed by atoms with Crippen LogP contribution < -0.4 is 0 Å². The minimum atomic E-state index is -4.91. The Hall–Kier alpha value is -2.46. The van der Waals surface area contributed by atoms with Crippen LogP contribution in [0.5, 0.6) is 0 Å². The van der Waals surface area contributed by atoms with E-state index >= 15 is 0 Å². The molecule has 0 aliphatic rings. The van der Waals surface area contributed by atoms with Crippen LogP contribution in [0.25, 0.3) is 0 Å². The molecule has 0 radical (unpaired) electrons. The van der Waals surface area contributed by atoms with Gasteiger partial charge >= 0.3 is 6.36 Å². The van der Waals surface area contributed by atoms with Crippen molar-refractivity contribution in [2.75, 3.05) is 7.05 Å². The van der Waals surface area contributed by atoms with Crippen LogP contribution in [0.3, 0.4) is 0 Å².